The van der Waals surface area contributed by atoms with Crippen LogP contribution in [0.15, 0.2) is 12.7 Å². The van der Waals surface area contributed by atoms with Gasteiger partial charge < -0.3 is 49.7 Å². The first-order valence-electron chi connectivity index (χ1n) is 19.7. The van der Waals surface area contributed by atoms with Crippen molar-refractivity contribution in [1.82, 2.24) is 5.32 Å². The molecular formula is C34H83NO11Si8. The molecule has 2 atom stereocenters. The van der Waals surface area contributed by atoms with E-state index in [9.17, 15) is 15.0 Å². The summed E-state index contributed by atoms with van der Waals surface area (Å²) in [5.41, 5.74) is 0. The molecule has 0 saturated heterocycles. The van der Waals surface area contributed by atoms with E-state index in [-0.39, 0.29) is 32.0 Å². The lowest BCUT2D eigenvalue weighted by Crippen LogP contribution is -2.60. The summed E-state index contributed by atoms with van der Waals surface area (Å²) >= 11 is 0. The van der Waals surface area contributed by atoms with Gasteiger partial charge >= 0.3 is 17.6 Å². The van der Waals surface area contributed by atoms with Crippen LogP contribution in [0.3, 0.4) is 0 Å². The number of aliphatic hydroxyl groups excluding tert-OH is 2. The van der Waals surface area contributed by atoms with E-state index in [0.717, 1.165) is 0 Å². The molecule has 54 heavy (non-hydrogen) atoms. The van der Waals surface area contributed by atoms with Crippen LogP contribution >= 0.6 is 0 Å². The molecule has 0 heterocycles. The van der Waals surface area contributed by atoms with Crippen LogP contribution in [-0.2, 0) is 39.0 Å². The molecule has 0 radical (unpaired) electrons. The number of hydrogen-bond acceptors (Lipinski definition) is 11. The van der Waals surface area contributed by atoms with E-state index in [0.29, 0.717) is 38.1 Å². The van der Waals surface area contributed by atoms with Gasteiger partial charge in [-0.25, -0.2) is 0 Å². The molecule has 0 aliphatic carbocycles. The van der Waals surface area contributed by atoms with E-state index < -0.39 is 85.8 Å². The van der Waals surface area contributed by atoms with Crippen molar-refractivity contribution in [2.24, 2.45) is 0 Å². The fraction of sp³-hybridized carbons (Fsp3) is 0.912. The quantitative estimate of drug-likeness (QED) is 0.0367. The molecular weight excluding hydrogens is 823 g/mol. The van der Waals surface area contributed by atoms with Crippen LogP contribution < -0.4 is 5.32 Å². The van der Waals surface area contributed by atoms with E-state index in [1.807, 2.05) is 0 Å². The molecule has 2 unspecified atom stereocenters. The average Bonchev–Trinajstić information content (AvgIpc) is 2.86. The van der Waals surface area contributed by atoms with Gasteiger partial charge in [0.2, 0.25) is 5.91 Å². The molecule has 1 amide bonds. The lowest BCUT2D eigenvalue weighted by Gasteiger charge is -2.43. The summed E-state index contributed by atoms with van der Waals surface area (Å²) in [7, 11) is -17.8. The highest BCUT2D eigenvalue weighted by molar-refractivity contribution is 6.91. The van der Waals surface area contributed by atoms with Crippen LogP contribution in [0.2, 0.25) is 130 Å². The molecule has 12 nitrogen and oxygen atoms in total. The van der Waals surface area contributed by atoms with Gasteiger partial charge in [0, 0.05) is 31.3 Å². The largest absolute Gasteiger partial charge is 0.469 e. The Labute approximate surface area is 339 Å². The van der Waals surface area contributed by atoms with Crippen molar-refractivity contribution in [2.75, 3.05) is 26.4 Å². The molecule has 0 aliphatic heterocycles. The third-order valence-electron chi connectivity index (χ3n) is 6.58. The number of carbonyl (C=O) groups is 1. The first-order chi connectivity index (χ1) is 24.1. The summed E-state index contributed by atoms with van der Waals surface area (Å²) < 4.78 is 52.4. The van der Waals surface area contributed by atoms with Gasteiger partial charge in [0.15, 0.2) is 49.9 Å². The predicted octanol–water partition coefficient (Wildman–Crippen LogP) is 7.96. The lowest BCUT2D eigenvalue weighted by atomic mass is 10.0. The Morgan fingerprint density at radius 1 is 0.537 bits per heavy atom. The highest BCUT2D eigenvalue weighted by atomic mass is 28.5. The second-order valence-corrected chi connectivity index (χ2v) is 54.2. The van der Waals surface area contributed by atoms with E-state index in [1.54, 1.807) is 0 Å². The van der Waals surface area contributed by atoms with Crippen molar-refractivity contribution in [1.29, 1.82) is 0 Å². The van der Waals surface area contributed by atoms with Crippen LogP contribution in [0, 0.1) is 0 Å². The number of amides is 1. The maximum Gasteiger partial charge on any atom is 0.469 e. The number of aliphatic hydroxyl groups is 2. The topological polar surface area (TPSA) is 143 Å². The van der Waals surface area contributed by atoms with Crippen LogP contribution in [-0.4, -0.2) is 128 Å². The van der Waals surface area contributed by atoms with E-state index >= 15 is 0 Å². The molecule has 0 bridgehead atoms. The first-order valence-corrected chi connectivity index (χ1v) is 44.0. The van der Waals surface area contributed by atoms with E-state index in [4.69, 9.17) is 34.2 Å². The van der Waals surface area contributed by atoms with Crippen LogP contribution in [0.25, 0.3) is 0 Å². The number of rotatable bonds is 30. The van der Waals surface area contributed by atoms with Crippen LogP contribution in [0.1, 0.15) is 25.7 Å². The zero-order chi connectivity index (χ0) is 42.5. The maximum atomic E-state index is 12.3. The highest BCUT2D eigenvalue weighted by Crippen LogP contribution is 2.31. The summed E-state index contributed by atoms with van der Waals surface area (Å²) in [6.07, 6.45) is 1.23. The maximum absolute atomic E-state index is 12.3. The molecule has 0 aromatic carbocycles. The van der Waals surface area contributed by atoms with Crippen molar-refractivity contribution >= 4 is 73.4 Å². The molecule has 0 saturated carbocycles. The first kappa shape index (κ1) is 54.5. The summed E-state index contributed by atoms with van der Waals surface area (Å²) in [4.78, 5) is 12.3. The summed E-state index contributed by atoms with van der Waals surface area (Å²) in [6.45, 7) is 43.5. The van der Waals surface area contributed by atoms with Gasteiger partial charge in [0.25, 0.3) is 0 Å². The Kier molecular flexibility index (Phi) is 23.0. The van der Waals surface area contributed by atoms with E-state index in [1.165, 1.54) is 6.08 Å². The van der Waals surface area contributed by atoms with Crippen LogP contribution in [0.5, 0.6) is 0 Å². The Hall–Kier alpha value is 0.545. The molecule has 20 heteroatoms. The fourth-order valence-corrected chi connectivity index (χ4v) is 35.0. The Bertz CT molecular complexity index is 943. The number of carbonyl (C=O) groups excluding carboxylic acids is 1. The third kappa shape index (κ3) is 29.7. The van der Waals surface area contributed by atoms with Gasteiger partial charge in [-0.15, -0.1) is 0 Å². The van der Waals surface area contributed by atoms with Gasteiger partial charge in [0.1, 0.15) is 0 Å². The Balaban J connectivity index is 5.32. The molecule has 0 rings (SSSR count). The van der Waals surface area contributed by atoms with Crippen molar-refractivity contribution in [3.63, 3.8) is 0 Å². The van der Waals surface area contributed by atoms with Gasteiger partial charge in [-0.2, -0.15) is 0 Å². The smallest absolute Gasteiger partial charge is 0.417 e. The molecule has 0 fully saturated rings. The predicted molar refractivity (Wildman–Crippen MR) is 242 cm³/mol. The number of hydrogen-bond donors (Lipinski definition) is 3. The second-order valence-electron chi connectivity index (χ2n) is 20.2. The molecule has 0 spiro atoms. The van der Waals surface area contributed by atoms with Gasteiger partial charge in [-0.05, 0) is 150 Å². The minimum atomic E-state index is -2.97. The summed E-state index contributed by atoms with van der Waals surface area (Å²) in [5, 5.41) is 24.7. The van der Waals surface area contributed by atoms with Crippen molar-refractivity contribution in [2.45, 2.75) is 174 Å². The fourth-order valence-electron chi connectivity index (χ4n) is 5.72. The molecule has 0 aromatic rings. The van der Waals surface area contributed by atoms with Crippen LogP contribution in [0.4, 0.5) is 0 Å². The Morgan fingerprint density at radius 3 is 1.02 bits per heavy atom. The number of nitrogens with one attached hydrogen (secondary N) is 1. The van der Waals surface area contributed by atoms with Gasteiger partial charge in [-0.3, -0.25) is 4.79 Å². The molecule has 322 valence electrons. The van der Waals surface area contributed by atoms with Gasteiger partial charge in [0.05, 0.1) is 25.4 Å². The summed E-state index contributed by atoms with van der Waals surface area (Å²) in [6, 6.07) is 0.794. The monoisotopic (exact) mass is 905 g/mol. The van der Waals surface area contributed by atoms with E-state index in [2.05, 4.69) is 130 Å². The highest BCUT2D eigenvalue weighted by Gasteiger charge is 2.51. The SMILES string of the molecule is C=CC(=O)NC(CC(O)COCCC[Si](O[Si](C)(C)C)(O[Si](C)(C)C)O[Si](C)(C)C)CC(O)COCCC[Si](O[Si](C)(C)C)(O[Si](C)(C)C)O[Si](C)(C)C. The zero-order valence-corrected chi connectivity index (χ0v) is 45.7. The van der Waals surface area contributed by atoms with Crippen molar-refractivity contribution in [3.05, 3.63) is 12.7 Å². The number of ether oxygens (including phenoxy) is 2. The average molecular weight is 907 g/mol. The van der Waals surface area contributed by atoms with Crippen molar-refractivity contribution in [3.8, 4) is 0 Å². The minimum Gasteiger partial charge on any atom is -0.417 e. The summed E-state index contributed by atoms with van der Waals surface area (Å²) in [5.74, 6) is -0.372. The van der Waals surface area contributed by atoms with Gasteiger partial charge in [-0.1, -0.05) is 6.58 Å². The molecule has 0 aromatic heterocycles. The standard InChI is InChI=1S/C34H83NO11Si8/c1-20-34(38)35-31(27-32(36)29-39-23-21-25-53(41-47(2,3)4,42-48(5,6)7)43-49(8,9)10)28-33(37)30-40-24-22-26-54(44-50(11,12)13,45-51(14,15)16)46-52(17,18)19/h20,31-33,36-37H,1,21-30H2,2-19H3,(H,35,38). The molecule has 0 aliphatic rings. The molecule has 3 N–H and O–H groups in total. The zero-order valence-electron chi connectivity index (χ0n) is 37.7. The second kappa shape index (κ2) is 22.8. The van der Waals surface area contributed by atoms with Crippen molar-refractivity contribution < 1.29 is 49.2 Å². The Morgan fingerprint density at radius 2 is 0.796 bits per heavy atom. The normalized spacial score (nSPS) is 15.9. The lowest BCUT2D eigenvalue weighted by molar-refractivity contribution is -0.117. The third-order valence-corrected chi connectivity index (χ3v) is 30.7. The minimum absolute atomic E-state index is 0.0877.